The molecular weight excluding hydrogens is 214 g/mol. The Morgan fingerprint density at radius 2 is 1.94 bits per heavy atom. The maximum absolute atomic E-state index is 11.9. The van der Waals surface area contributed by atoms with Crippen molar-refractivity contribution in [2.45, 2.75) is 6.42 Å². The lowest BCUT2D eigenvalue weighted by Crippen LogP contribution is -2.28. The molecule has 0 atom stereocenters. The summed E-state index contributed by atoms with van der Waals surface area (Å²) in [4.78, 5) is 13.5. The number of carbonyl (C=O) groups excluding carboxylic acids is 1. The van der Waals surface area contributed by atoms with Gasteiger partial charge in [0, 0.05) is 13.6 Å². The zero-order valence-electron chi connectivity index (χ0n) is 9.80. The monoisotopic (exact) mass is 229 g/mol. The van der Waals surface area contributed by atoms with Crippen LogP contribution in [-0.4, -0.2) is 24.4 Å². The number of likely N-dealkylation sites (N-methyl/N-ethyl adjacent to an activating group) is 1. The van der Waals surface area contributed by atoms with E-state index >= 15 is 0 Å². The molecule has 0 fully saturated rings. The molecule has 3 heteroatoms. The van der Waals surface area contributed by atoms with Gasteiger partial charge in [0.15, 0.2) is 5.76 Å². The van der Waals surface area contributed by atoms with Crippen molar-refractivity contribution in [3.8, 4) is 0 Å². The molecule has 1 aromatic heterocycles. The van der Waals surface area contributed by atoms with Gasteiger partial charge in [-0.25, -0.2) is 0 Å². The normalized spacial score (nSPS) is 10.2. The highest BCUT2D eigenvalue weighted by atomic mass is 16.3. The Morgan fingerprint density at radius 1 is 1.18 bits per heavy atom. The zero-order valence-corrected chi connectivity index (χ0v) is 9.80. The van der Waals surface area contributed by atoms with Crippen LogP contribution in [0.2, 0.25) is 0 Å². The molecule has 17 heavy (non-hydrogen) atoms. The lowest BCUT2D eigenvalue weighted by atomic mass is 10.1. The van der Waals surface area contributed by atoms with E-state index in [2.05, 4.69) is 12.1 Å². The Balaban J connectivity index is 1.90. The smallest absolute Gasteiger partial charge is 0.289 e. The Hall–Kier alpha value is -2.03. The Labute approximate surface area is 101 Å². The fourth-order valence-corrected chi connectivity index (χ4v) is 1.63. The molecule has 0 aliphatic carbocycles. The fraction of sp³-hybridized carbons (Fsp3) is 0.214. The number of hydrogen-bond donors (Lipinski definition) is 0. The average molecular weight is 229 g/mol. The second kappa shape index (κ2) is 5.34. The van der Waals surface area contributed by atoms with Crippen LogP contribution >= 0.6 is 0 Å². The minimum absolute atomic E-state index is 0.0778. The van der Waals surface area contributed by atoms with E-state index in [-0.39, 0.29) is 5.91 Å². The summed E-state index contributed by atoms with van der Waals surface area (Å²) in [6.45, 7) is 0.684. The van der Waals surface area contributed by atoms with Crippen molar-refractivity contribution < 1.29 is 9.21 Å². The molecule has 2 rings (SSSR count). The minimum Gasteiger partial charge on any atom is -0.459 e. The number of carbonyl (C=O) groups is 1. The number of furan rings is 1. The highest BCUT2D eigenvalue weighted by Gasteiger charge is 2.13. The maximum atomic E-state index is 11.9. The van der Waals surface area contributed by atoms with Crippen LogP contribution in [0, 0.1) is 0 Å². The van der Waals surface area contributed by atoms with Gasteiger partial charge in [0.2, 0.25) is 0 Å². The van der Waals surface area contributed by atoms with Gasteiger partial charge >= 0.3 is 0 Å². The summed E-state index contributed by atoms with van der Waals surface area (Å²) in [5, 5.41) is 0. The van der Waals surface area contributed by atoms with Crippen molar-refractivity contribution in [3.63, 3.8) is 0 Å². The molecule has 0 bridgehead atoms. The van der Waals surface area contributed by atoms with E-state index in [0.29, 0.717) is 12.3 Å². The first kappa shape index (κ1) is 11.5. The molecule has 0 saturated heterocycles. The third-order valence-corrected chi connectivity index (χ3v) is 2.66. The fourth-order valence-electron chi connectivity index (χ4n) is 1.63. The van der Waals surface area contributed by atoms with Crippen LogP contribution in [0.5, 0.6) is 0 Å². The minimum atomic E-state index is -0.0778. The summed E-state index contributed by atoms with van der Waals surface area (Å²) in [6, 6.07) is 13.5. The average Bonchev–Trinajstić information content (AvgIpc) is 2.90. The van der Waals surface area contributed by atoms with Gasteiger partial charge in [-0.1, -0.05) is 30.3 Å². The van der Waals surface area contributed by atoms with Crippen LogP contribution in [0.4, 0.5) is 0 Å². The molecule has 0 aliphatic heterocycles. The Bertz CT molecular complexity index is 462. The molecule has 0 N–H and O–H groups in total. The van der Waals surface area contributed by atoms with Crippen LogP contribution in [0.15, 0.2) is 53.1 Å². The first-order chi connectivity index (χ1) is 8.27. The Kier molecular flexibility index (Phi) is 3.60. The highest BCUT2D eigenvalue weighted by molar-refractivity contribution is 5.91. The molecule has 0 spiro atoms. The number of nitrogens with zero attached hydrogens (tertiary/aromatic N) is 1. The van der Waals surface area contributed by atoms with Gasteiger partial charge in [0.1, 0.15) is 0 Å². The molecule has 0 unspecified atom stereocenters. The van der Waals surface area contributed by atoms with Crippen molar-refractivity contribution in [1.82, 2.24) is 4.90 Å². The SMILES string of the molecule is CN(CCc1ccccc1)C(=O)c1ccco1. The number of hydrogen-bond acceptors (Lipinski definition) is 2. The number of benzene rings is 1. The van der Waals surface area contributed by atoms with E-state index < -0.39 is 0 Å². The van der Waals surface area contributed by atoms with Crippen LogP contribution < -0.4 is 0 Å². The maximum Gasteiger partial charge on any atom is 0.289 e. The molecule has 0 radical (unpaired) electrons. The third-order valence-electron chi connectivity index (χ3n) is 2.66. The van der Waals surface area contributed by atoms with Crippen molar-refractivity contribution in [2.24, 2.45) is 0 Å². The van der Waals surface area contributed by atoms with Crippen molar-refractivity contribution in [1.29, 1.82) is 0 Å². The highest BCUT2D eigenvalue weighted by Crippen LogP contribution is 2.06. The third kappa shape index (κ3) is 2.97. The van der Waals surface area contributed by atoms with E-state index in [1.165, 1.54) is 11.8 Å². The molecular formula is C14H15NO2. The quantitative estimate of drug-likeness (QED) is 0.807. The molecule has 3 nitrogen and oxygen atoms in total. The first-order valence-corrected chi connectivity index (χ1v) is 5.60. The first-order valence-electron chi connectivity index (χ1n) is 5.60. The molecule has 1 aromatic carbocycles. The molecule has 88 valence electrons. The molecule has 0 aliphatic rings. The van der Waals surface area contributed by atoms with Crippen LogP contribution in [-0.2, 0) is 6.42 Å². The second-order valence-corrected chi connectivity index (χ2v) is 3.94. The summed E-state index contributed by atoms with van der Waals surface area (Å²) in [5.74, 6) is 0.312. The van der Waals surface area contributed by atoms with Gasteiger partial charge in [-0.15, -0.1) is 0 Å². The summed E-state index contributed by atoms with van der Waals surface area (Å²) >= 11 is 0. The summed E-state index contributed by atoms with van der Waals surface area (Å²) < 4.78 is 5.08. The van der Waals surface area contributed by atoms with Crippen LogP contribution in [0.1, 0.15) is 16.1 Å². The van der Waals surface area contributed by atoms with Crippen LogP contribution in [0.25, 0.3) is 0 Å². The molecule has 0 saturated carbocycles. The Morgan fingerprint density at radius 3 is 2.59 bits per heavy atom. The summed E-state index contributed by atoms with van der Waals surface area (Å²) in [6.07, 6.45) is 2.36. The number of rotatable bonds is 4. The number of amides is 1. The van der Waals surface area contributed by atoms with Gasteiger partial charge in [-0.2, -0.15) is 0 Å². The van der Waals surface area contributed by atoms with E-state index in [0.717, 1.165) is 6.42 Å². The molecule has 1 heterocycles. The van der Waals surface area contributed by atoms with Gasteiger partial charge in [-0.3, -0.25) is 4.79 Å². The zero-order chi connectivity index (χ0) is 12.1. The lowest BCUT2D eigenvalue weighted by Gasteiger charge is -2.15. The van der Waals surface area contributed by atoms with Gasteiger partial charge in [-0.05, 0) is 24.1 Å². The van der Waals surface area contributed by atoms with Gasteiger partial charge in [0.05, 0.1) is 6.26 Å². The van der Waals surface area contributed by atoms with Gasteiger partial charge in [0.25, 0.3) is 5.91 Å². The molecule has 1 amide bonds. The predicted octanol–water partition coefficient (Wildman–Crippen LogP) is 2.59. The van der Waals surface area contributed by atoms with E-state index in [1.54, 1.807) is 24.1 Å². The van der Waals surface area contributed by atoms with Crippen LogP contribution in [0.3, 0.4) is 0 Å². The van der Waals surface area contributed by atoms with E-state index in [1.807, 2.05) is 18.2 Å². The summed E-state index contributed by atoms with van der Waals surface area (Å²) in [5.41, 5.74) is 1.23. The van der Waals surface area contributed by atoms with E-state index in [4.69, 9.17) is 4.42 Å². The second-order valence-electron chi connectivity index (χ2n) is 3.94. The van der Waals surface area contributed by atoms with Gasteiger partial charge < -0.3 is 9.32 Å². The standard InChI is InChI=1S/C14H15NO2/c1-15(14(16)13-8-5-11-17-13)10-9-12-6-3-2-4-7-12/h2-8,11H,9-10H2,1H3. The van der Waals surface area contributed by atoms with Crippen molar-refractivity contribution in [2.75, 3.05) is 13.6 Å². The molecule has 2 aromatic rings. The predicted molar refractivity (Wildman–Crippen MR) is 65.8 cm³/mol. The lowest BCUT2D eigenvalue weighted by molar-refractivity contribution is 0.0765. The van der Waals surface area contributed by atoms with Crippen molar-refractivity contribution in [3.05, 3.63) is 60.1 Å². The topological polar surface area (TPSA) is 33.5 Å². The van der Waals surface area contributed by atoms with Crippen molar-refractivity contribution >= 4 is 5.91 Å². The summed E-state index contributed by atoms with van der Waals surface area (Å²) in [7, 11) is 1.79. The van der Waals surface area contributed by atoms with E-state index in [9.17, 15) is 4.79 Å². The largest absolute Gasteiger partial charge is 0.459 e.